The number of amides is 2. The molecule has 8 nitrogen and oxygen atoms in total. The van der Waals surface area contributed by atoms with Gasteiger partial charge in [-0.15, -0.1) is 0 Å². The Kier molecular flexibility index (Phi) is 5.51. The van der Waals surface area contributed by atoms with Crippen LogP contribution in [0.5, 0.6) is 11.5 Å². The number of carbonyl (C=O) groups is 2. The number of furan rings is 1. The zero-order valence-corrected chi connectivity index (χ0v) is 17.4. The fourth-order valence-corrected chi connectivity index (χ4v) is 4.11. The number of rotatable bonds is 5. The largest absolute Gasteiger partial charge is 0.468 e. The normalized spacial score (nSPS) is 15.6. The van der Waals surface area contributed by atoms with Gasteiger partial charge in [0.25, 0.3) is 0 Å². The summed E-state index contributed by atoms with van der Waals surface area (Å²) in [5.74, 6) is 0.437. The van der Waals surface area contributed by atoms with Gasteiger partial charge in [0.15, 0.2) is 11.5 Å². The smallest absolute Gasteiger partial charge is 0.313 e. The highest BCUT2D eigenvalue weighted by atomic mass is 16.7. The van der Waals surface area contributed by atoms with Crippen LogP contribution in [0.2, 0.25) is 0 Å². The Morgan fingerprint density at radius 2 is 1.81 bits per heavy atom. The van der Waals surface area contributed by atoms with Crippen LogP contribution in [0.25, 0.3) is 0 Å². The van der Waals surface area contributed by atoms with Crippen molar-refractivity contribution in [2.24, 2.45) is 0 Å². The number of anilines is 1. The quantitative estimate of drug-likeness (QED) is 0.601. The van der Waals surface area contributed by atoms with Crippen LogP contribution in [0.3, 0.4) is 0 Å². The summed E-state index contributed by atoms with van der Waals surface area (Å²) in [5, 5.41) is 5.35. The van der Waals surface area contributed by atoms with Crippen molar-refractivity contribution in [3.8, 4) is 11.5 Å². The number of fused-ring (bicyclic) bond motifs is 2. The van der Waals surface area contributed by atoms with E-state index in [0.717, 1.165) is 25.3 Å². The second kappa shape index (κ2) is 8.76. The minimum atomic E-state index is -0.744. The summed E-state index contributed by atoms with van der Waals surface area (Å²) in [4.78, 5) is 27.2. The topological polar surface area (TPSA) is 93.0 Å². The van der Waals surface area contributed by atoms with E-state index in [1.54, 1.807) is 24.5 Å². The second-order valence-electron chi connectivity index (χ2n) is 7.75. The minimum absolute atomic E-state index is 0.141. The Balaban J connectivity index is 1.23. The highest BCUT2D eigenvalue weighted by Crippen LogP contribution is 2.34. The molecule has 2 amide bonds. The number of benzene rings is 2. The van der Waals surface area contributed by atoms with E-state index >= 15 is 0 Å². The van der Waals surface area contributed by atoms with Gasteiger partial charge in [-0.05, 0) is 41.8 Å². The predicted molar refractivity (Wildman–Crippen MR) is 116 cm³/mol. The molecule has 1 atom stereocenters. The fourth-order valence-electron chi connectivity index (χ4n) is 4.11. The molecule has 3 heterocycles. The number of nitrogens with one attached hydrogen (secondary N) is 2. The molecule has 32 heavy (non-hydrogen) atoms. The van der Waals surface area contributed by atoms with Gasteiger partial charge in [0.05, 0.1) is 12.3 Å². The lowest BCUT2D eigenvalue weighted by molar-refractivity contribution is -0.136. The summed E-state index contributed by atoms with van der Waals surface area (Å²) in [6, 6.07) is 16.9. The fraction of sp³-hybridized carbons (Fsp3) is 0.250. The summed E-state index contributed by atoms with van der Waals surface area (Å²) in [6.45, 7) is 1.98. The van der Waals surface area contributed by atoms with Crippen LogP contribution >= 0.6 is 0 Å². The summed E-state index contributed by atoms with van der Waals surface area (Å²) < 4.78 is 16.2. The lowest BCUT2D eigenvalue weighted by atomic mass is 9.98. The second-order valence-corrected chi connectivity index (χ2v) is 7.75. The molecule has 0 radical (unpaired) electrons. The van der Waals surface area contributed by atoms with E-state index in [-0.39, 0.29) is 19.4 Å². The Hall–Kier alpha value is -3.78. The summed E-state index contributed by atoms with van der Waals surface area (Å²) in [5.41, 5.74) is 3.07. The molecule has 2 aromatic carbocycles. The van der Waals surface area contributed by atoms with Gasteiger partial charge in [-0.25, -0.2) is 0 Å². The van der Waals surface area contributed by atoms with Crippen molar-refractivity contribution in [3.05, 3.63) is 77.7 Å². The van der Waals surface area contributed by atoms with Gasteiger partial charge < -0.3 is 24.5 Å². The van der Waals surface area contributed by atoms with E-state index in [9.17, 15) is 9.59 Å². The van der Waals surface area contributed by atoms with Gasteiger partial charge >= 0.3 is 11.8 Å². The van der Waals surface area contributed by atoms with E-state index in [1.165, 1.54) is 11.1 Å². The standard InChI is InChI=1S/C24H23N3O5/c28-23(24(29)26-18-7-8-21-22(12-18)32-15-31-21)25-13-19(20-6-3-11-30-20)27-10-9-16-4-1-2-5-17(16)14-27/h1-8,11-12,19H,9-10,13-15H2,(H,25,28)(H,26,29). The third kappa shape index (κ3) is 4.17. The highest BCUT2D eigenvalue weighted by Gasteiger charge is 2.28. The monoisotopic (exact) mass is 433 g/mol. The van der Waals surface area contributed by atoms with Gasteiger partial charge in [-0.1, -0.05) is 24.3 Å². The van der Waals surface area contributed by atoms with Gasteiger partial charge in [0.1, 0.15) is 5.76 Å². The Labute approximate surface area is 185 Å². The molecule has 8 heteroatoms. The number of hydrogen-bond acceptors (Lipinski definition) is 6. The van der Waals surface area contributed by atoms with E-state index in [2.05, 4.69) is 33.7 Å². The van der Waals surface area contributed by atoms with Gasteiger partial charge in [0, 0.05) is 31.4 Å². The first-order chi connectivity index (χ1) is 15.7. The SMILES string of the molecule is O=C(NCC(c1ccco1)N1CCc2ccccc2C1)C(=O)Nc1ccc2c(c1)OCO2. The highest BCUT2D eigenvalue weighted by molar-refractivity contribution is 6.39. The molecule has 3 aromatic rings. The lowest BCUT2D eigenvalue weighted by Crippen LogP contribution is -2.43. The van der Waals surface area contributed by atoms with Crippen LogP contribution in [0.1, 0.15) is 22.9 Å². The molecule has 0 bridgehead atoms. The molecule has 5 rings (SSSR count). The van der Waals surface area contributed by atoms with Crippen molar-refractivity contribution < 1.29 is 23.5 Å². The van der Waals surface area contributed by atoms with Crippen molar-refractivity contribution in [1.82, 2.24) is 10.2 Å². The predicted octanol–water partition coefficient (Wildman–Crippen LogP) is 2.86. The van der Waals surface area contributed by atoms with Crippen LogP contribution in [0.15, 0.2) is 65.3 Å². The molecule has 0 spiro atoms. The average Bonchev–Trinajstić information content (AvgIpc) is 3.51. The van der Waals surface area contributed by atoms with Crippen molar-refractivity contribution in [3.63, 3.8) is 0 Å². The zero-order chi connectivity index (χ0) is 21.9. The number of ether oxygens (including phenoxy) is 2. The van der Waals surface area contributed by atoms with Crippen LogP contribution in [-0.2, 0) is 22.6 Å². The Morgan fingerprint density at radius 1 is 0.969 bits per heavy atom. The van der Waals surface area contributed by atoms with Crippen LogP contribution in [0.4, 0.5) is 5.69 Å². The lowest BCUT2D eigenvalue weighted by Gasteiger charge is -2.34. The first kappa shape index (κ1) is 20.1. The van der Waals surface area contributed by atoms with Gasteiger partial charge in [-0.2, -0.15) is 0 Å². The third-order valence-electron chi connectivity index (χ3n) is 5.77. The maximum atomic E-state index is 12.5. The van der Waals surface area contributed by atoms with E-state index in [0.29, 0.717) is 17.2 Å². The number of hydrogen-bond donors (Lipinski definition) is 2. The molecular formula is C24H23N3O5. The first-order valence-corrected chi connectivity index (χ1v) is 10.5. The van der Waals surface area contributed by atoms with Gasteiger partial charge in [0.2, 0.25) is 6.79 Å². The van der Waals surface area contributed by atoms with Crippen molar-refractivity contribution in [2.75, 3.05) is 25.2 Å². The molecule has 2 aliphatic heterocycles. The summed E-state index contributed by atoms with van der Waals surface area (Å²) >= 11 is 0. The van der Waals surface area contributed by atoms with Crippen LogP contribution < -0.4 is 20.1 Å². The molecule has 2 aliphatic rings. The minimum Gasteiger partial charge on any atom is -0.468 e. The van der Waals surface area contributed by atoms with Crippen molar-refractivity contribution in [1.29, 1.82) is 0 Å². The number of carbonyl (C=O) groups excluding carboxylic acids is 2. The average molecular weight is 433 g/mol. The van der Waals surface area contributed by atoms with Gasteiger partial charge in [-0.3, -0.25) is 14.5 Å². The molecule has 0 saturated heterocycles. The first-order valence-electron chi connectivity index (χ1n) is 10.5. The van der Waals surface area contributed by atoms with E-state index in [4.69, 9.17) is 13.9 Å². The molecule has 0 aliphatic carbocycles. The third-order valence-corrected chi connectivity index (χ3v) is 5.77. The zero-order valence-electron chi connectivity index (χ0n) is 17.4. The Morgan fingerprint density at radius 3 is 2.66 bits per heavy atom. The van der Waals surface area contributed by atoms with E-state index < -0.39 is 11.8 Å². The summed E-state index contributed by atoms with van der Waals surface area (Å²) in [6.07, 6.45) is 2.54. The number of nitrogens with zero attached hydrogens (tertiary/aromatic N) is 1. The van der Waals surface area contributed by atoms with E-state index in [1.807, 2.05) is 18.2 Å². The summed E-state index contributed by atoms with van der Waals surface area (Å²) in [7, 11) is 0. The Bertz CT molecular complexity index is 1130. The molecule has 1 unspecified atom stereocenters. The molecule has 0 fully saturated rings. The molecule has 0 saturated carbocycles. The van der Waals surface area contributed by atoms with Crippen LogP contribution in [0, 0.1) is 0 Å². The molecule has 164 valence electrons. The maximum absolute atomic E-state index is 12.5. The molecule has 2 N–H and O–H groups in total. The van der Waals surface area contributed by atoms with Crippen LogP contribution in [-0.4, -0.2) is 36.6 Å². The van der Waals surface area contributed by atoms with Crippen molar-refractivity contribution in [2.45, 2.75) is 19.0 Å². The van der Waals surface area contributed by atoms with Crippen molar-refractivity contribution >= 4 is 17.5 Å². The maximum Gasteiger partial charge on any atom is 0.313 e. The molecular weight excluding hydrogens is 410 g/mol. The molecule has 1 aromatic heterocycles.